The summed E-state index contributed by atoms with van der Waals surface area (Å²) in [5.74, 6) is -0.0605. The van der Waals surface area contributed by atoms with Gasteiger partial charge in [-0.3, -0.25) is 9.78 Å². The number of anilines is 1. The molecule has 5 nitrogen and oxygen atoms in total. The molecular formula is C13H12Cl2N4O. The summed E-state index contributed by atoms with van der Waals surface area (Å²) >= 11 is 11.8. The number of primary amides is 1. The van der Waals surface area contributed by atoms with Crippen molar-refractivity contribution in [3.05, 3.63) is 51.9 Å². The maximum Gasteiger partial charge on any atom is 0.268 e. The normalized spacial score (nSPS) is 10.3. The number of rotatable bonds is 4. The zero-order valence-corrected chi connectivity index (χ0v) is 12.2. The highest BCUT2D eigenvalue weighted by Gasteiger charge is 2.09. The van der Waals surface area contributed by atoms with Crippen molar-refractivity contribution in [3.8, 4) is 0 Å². The number of nitrogens with zero attached hydrogens (tertiary/aromatic N) is 3. The highest BCUT2D eigenvalue weighted by Crippen LogP contribution is 2.23. The van der Waals surface area contributed by atoms with Crippen LogP contribution >= 0.6 is 23.2 Å². The molecule has 0 atom stereocenters. The van der Waals surface area contributed by atoms with Crippen LogP contribution in [-0.2, 0) is 6.54 Å². The van der Waals surface area contributed by atoms with Crippen molar-refractivity contribution in [2.24, 2.45) is 5.73 Å². The summed E-state index contributed by atoms with van der Waals surface area (Å²) < 4.78 is 0. The van der Waals surface area contributed by atoms with Crippen molar-refractivity contribution >= 4 is 34.9 Å². The Kier molecular flexibility index (Phi) is 4.42. The van der Waals surface area contributed by atoms with E-state index < -0.39 is 5.91 Å². The number of aromatic nitrogens is 2. The van der Waals surface area contributed by atoms with E-state index in [1.807, 2.05) is 18.0 Å². The molecule has 0 aliphatic carbocycles. The van der Waals surface area contributed by atoms with E-state index in [0.717, 1.165) is 5.56 Å². The van der Waals surface area contributed by atoms with Gasteiger partial charge in [0, 0.05) is 13.6 Å². The van der Waals surface area contributed by atoms with Gasteiger partial charge in [-0.25, -0.2) is 4.98 Å². The van der Waals surface area contributed by atoms with Crippen LogP contribution in [0.15, 0.2) is 30.6 Å². The Bertz CT molecular complexity index is 648. The van der Waals surface area contributed by atoms with Gasteiger partial charge in [-0.05, 0) is 17.7 Å². The minimum atomic E-state index is -0.609. The molecule has 0 fully saturated rings. The molecule has 20 heavy (non-hydrogen) atoms. The lowest BCUT2D eigenvalue weighted by Gasteiger charge is -2.18. The van der Waals surface area contributed by atoms with Crippen molar-refractivity contribution in [2.45, 2.75) is 6.54 Å². The van der Waals surface area contributed by atoms with Crippen LogP contribution in [0.5, 0.6) is 0 Å². The van der Waals surface area contributed by atoms with Gasteiger partial charge in [0.05, 0.1) is 22.4 Å². The maximum absolute atomic E-state index is 11.1. The largest absolute Gasteiger partial charge is 0.364 e. The van der Waals surface area contributed by atoms with Crippen LogP contribution in [0, 0.1) is 0 Å². The molecule has 2 rings (SSSR count). The van der Waals surface area contributed by atoms with Crippen molar-refractivity contribution in [2.75, 3.05) is 11.9 Å². The van der Waals surface area contributed by atoms with Crippen LogP contribution in [-0.4, -0.2) is 22.9 Å². The molecule has 0 unspecified atom stereocenters. The Hall–Kier alpha value is -1.85. The monoisotopic (exact) mass is 310 g/mol. The average Bonchev–Trinajstić information content (AvgIpc) is 2.43. The highest BCUT2D eigenvalue weighted by atomic mass is 35.5. The zero-order chi connectivity index (χ0) is 14.7. The molecule has 0 spiro atoms. The van der Waals surface area contributed by atoms with E-state index in [9.17, 15) is 4.79 Å². The molecule has 7 heteroatoms. The lowest BCUT2D eigenvalue weighted by atomic mass is 10.2. The maximum atomic E-state index is 11.1. The molecule has 0 saturated carbocycles. The molecule has 2 N–H and O–H groups in total. The Morgan fingerprint density at radius 2 is 2.05 bits per heavy atom. The predicted octanol–water partition coefficient (Wildman–Crippen LogP) is 2.52. The second kappa shape index (κ2) is 6.07. The highest BCUT2D eigenvalue weighted by molar-refractivity contribution is 6.42. The van der Waals surface area contributed by atoms with E-state index in [1.54, 1.807) is 18.3 Å². The fourth-order valence-electron chi connectivity index (χ4n) is 1.65. The molecule has 104 valence electrons. The predicted molar refractivity (Wildman–Crippen MR) is 79.1 cm³/mol. The smallest absolute Gasteiger partial charge is 0.268 e. The molecule has 1 aromatic heterocycles. The van der Waals surface area contributed by atoms with Gasteiger partial charge in [-0.1, -0.05) is 29.3 Å². The molecule has 0 saturated heterocycles. The molecule has 1 heterocycles. The van der Waals surface area contributed by atoms with Gasteiger partial charge in [-0.2, -0.15) is 0 Å². The van der Waals surface area contributed by atoms with Crippen LogP contribution in [0.1, 0.15) is 16.1 Å². The quantitative estimate of drug-likeness (QED) is 0.941. The summed E-state index contributed by atoms with van der Waals surface area (Å²) in [5, 5.41) is 1.00. The minimum Gasteiger partial charge on any atom is -0.364 e. The molecule has 0 aliphatic heterocycles. The number of carbonyl (C=O) groups is 1. The van der Waals surface area contributed by atoms with Crippen LogP contribution in [0.4, 0.5) is 5.82 Å². The number of amides is 1. The van der Waals surface area contributed by atoms with E-state index in [1.165, 1.54) is 6.20 Å². The molecule has 0 aliphatic rings. The molecule has 1 amide bonds. The lowest BCUT2D eigenvalue weighted by Crippen LogP contribution is -2.20. The van der Waals surface area contributed by atoms with E-state index in [-0.39, 0.29) is 5.69 Å². The number of halogens is 2. The summed E-state index contributed by atoms with van der Waals surface area (Å²) in [6.07, 6.45) is 2.89. The van der Waals surface area contributed by atoms with Crippen molar-refractivity contribution in [1.29, 1.82) is 0 Å². The Labute approximate surface area is 126 Å². The van der Waals surface area contributed by atoms with Crippen molar-refractivity contribution in [3.63, 3.8) is 0 Å². The van der Waals surface area contributed by atoms with Gasteiger partial charge in [0.15, 0.2) is 0 Å². The summed E-state index contributed by atoms with van der Waals surface area (Å²) in [4.78, 5) is 21.0. The summed E-state index contributed by atoms with van der Waals surface area (Å²) in [5.41, 5.74) is 6.27. The first-order chi connectivity index (χ1) is 9.47. The van der Waals surface area contributed by atoms with Crippen LogP contribution < -0.4 is 10.6 Å². The van der Waals surface area contributed by atoms with Gasteiger partial charge in [0.2, 0.25) is 0 Å². The van der Waals surface area contributed by atoms with Crippen LogP contribution in [0.2, 0.25) is 10.0 Å². The molecule has 0 bridgehead atoms. The average molecular weight is 311 g/mol. The fraction of sp³-hybridized carbons (Fsp3) is 0.154. The van der Waals surface area contributed by atoms with Crippen LogP contribution in [0.25, 0.3) is 0 Å². The van der Waals surface area contributed by atoms with Gasteiger partial charge in [-0.15, -0.1) is 0 Å². The van der Waals surface area contributed by atoms with Crippen LogP contribution in [0.3, 0.4) is 0 Å². The third kappa shape index (κ3) is 3.37. The lowest BCUT2D eigenvalue weighted by molar-refractivity contribution is 0.0995. The standard InChI is InChI=1S/C13H12Cl2N4O/c1-19(7-8-2-3-9(14)10(15)4-8)12-6-17-5-11(18-12)13(16)20/h2-6H,7H2,1H3,(H2,16,20). The number of hydrogen-bond acceptors (Lipinski definition) is 4. The van der Waals surface area contributed by atoms with E-state index >= 15 is 0 Å². The van der Waals surface area contributed by atoms with Crippen molar-refractivity contribution in [1.82, 2.24) is 9.97 Å². The van der Waals surface area contributed by atoms with E-state index in [4.69, 9.17) is 28.9 Å². The Balaban J connectivity index is 2.19. The first-order valence-corrected chi connectivity index (χ1v) is 6.50. The summed E-state index contributed by atoms with van der Waals surface area (Å²) in [6.45, 7) is 0.549. The molecule has 2 aromatic rings. The van der Waals surface area contributed by atoms with Gasteiger partial charge in [0.1, 0.15) is 11.5 Å². The topological polar surface area (TPSA) is 72.1 Å². The van der Waals surface area contributed by atoms with Gasteiger partial charge >= 0.3 is 0 Å². The number of nitrogens with two attached hydrogens (primary N) is 1. The van der Waals surface area contributed by atoms with Crippen molar-refractivity contribution < 1.29 is 4.79 Å². The third-order valence-corrected chi connectivity index (χ3v) is 3.41. The first-order valence-electron chi connectivity index (χ1n) is 5.74. The Morgan fingerprint density at radius 1 is 1.30 bits per heavy atom. The SMILES string of the molecule is CN(Cc1ccc(Cl)c(Cl)c1)c1cncc(C(N)=O)n1. The number of hydrogen-bond donors (Lipinski definition) is 1. The van der Waals surface area contributed by atoms with Gasteiger partial charge in [0.25, 0.3) is 5.91 Å². The second-order valence-corrected chi connectivity index (χ2v) is 5.05. The first kappa shape index (κ1) is 14.6. The second-order valence-electron chi connectivity index (χ2n) is 4.23. The third-order valence-electron chi connectivity index (χ3n) is 2.67. The zero-order valence-electron chi connectivity index (χ0n) is 10.7. The minimum absolute atomic E-state index is 0.128. The molecule has 0 radical (unpaired) electrons. The molecule has 1 aromatic carbocycles. The Morgan fingerprint density at radius 3 is 2.70 bits per heavy atom. The number of benzene rings is 1. The fourth-order valence-corrected chi connectivity index (χ4v) is 1.97. The van der Waals surface area contributed by atoms with Gasteiger partial charge < -0.3 is 10.6 Å². The van der Waals surface area contributed by atoms with E-state index in [2.05, 4.69) is 9.97 Å². The number of carbonyl (C=O) groups excluding carboxylic acids is 1. The summed E-state index contributed by atoms with van der Waals surface area (Å²) in [7, 11) is 1.83. The summed E-state index contributed by atoms with van der Waals surface area (Å²) in [6, 6.07) is 5.39. The van der Waals surface area contributed by atoms with E-state index in [0.29, 0.717) is 22.4 Å². The molecular weight excluding hydrogens is 299 g/mol.